The Morgan fingerprint density at radius 1 is 1.14 bits per heavy atom. The molecule has 0 radical (unpaired) electrons. The van der Waals surface area contributed by atoms with Gasteiger partial charge in [-0.25, -0.2) is 13.0 Å². The van der Waals surface area contributed by atoms with Gasteiger partial charge in [-0.15, -0.1) is 0 Å². The second-order valence-corrected chi connectivity index (χ2v) is 10.00. The maximum Gasteiger partial charge on any atom is 0.307 e. The summed E-state index contributed by atoms with van der Waals surface area (Å²) >= 11 is 0. The van der Waals surface area contributed by atoms with E-state index >= 15 is 8.78 Å². The van der Waals surface area contributed by atoms with E-state index in [1.165, 1.54) is 12.3 Å². The van der Waals surface area contributed by atoms with Crippen molar-refractivity contribution in [2.75, 3.05) is 29.0 Å². The lowest BCUT2D eigenvalue weighted by Gasteiger charge is -2.35. The van der Waals surface area contributed by atoms with E-state index in [-0.39, 0.29) is 24.2 Å². The Kier molecular flexibility index (Phi) is 5.75. The summed E-state index contributed by atoms with van der Waals surface area (Å²) in [5.41, 5.74) is 4.33. The molecule has 0 amide bonds. The van der Waals surface area contributed by atoms with Gasteiger partial charge in [0.15, 0.2) is 5.82 Å². The Balaban J connectivity index is 1.91. The van der Waals surface area contributed by atoms with Gasteiger partial charge in [-0.2, -0.15) is 0 Å². The summed E-state index contributed by atoms with van der Waals surface area (Å²) in [4.78, 5) is 11.9. The van der Waals surface area contributed by atoms with Crippen LogP contribution in [0.15, 0.2) is 30.3 Å². The van der Waals surface area contributed by atoms with Crippen LogP contribution in [-0.2, 0) is 28.7 Å². The van der Waals surface area contributed by atoms with Gasteiger partial charge in [0.05, 0.1) is 18.7 Å². The first-order chi connectivity index (χ1) is 16.7. The first kappa shape index (κ1) is 23.3. The zero-order chi connectivity index (χ0) is 25.0. The average Bonchev–Trinajstić information content (AvgIpc) is 2.82. The smallest absolute Gasteiger partial charge is 0.307 e. The zero-order valence-corrected chi connectivity index (χ0v) is 20.3. The molecule has 6 nitrogen and oxygen atoms in total. The molecule has 0 saturated carbocycles. The number of carboxylic acid groups (broad SMARTS) is 1. The number of halogens is 2. The molecular formula is C26H24F2N2O4S. The van der Waals surface area contributed by atoms with Crippen molar-refractivity contribution in [3.05, 3.63) is 64.2 Å². The summed E-state index contributed by atoms with van der Waals surface area (Å²) in [5, 5.41) is 12.8. The standard InChI is InChI=1S/C26H24F2N2O4S/c1-13-17(11-20(31)32)21(16-7-8-19-25(24(16)28)29-9-10-34-19)14(2)22-23-15(5-4-6-18(23)27)12-30(26(13)22)35(3)33/h4-8,29H,9-12H2,1-3H3,(H,31,32). The van der Waals surface area contributed by atoms with Crippen molar-refractivity contribution in [2.24, 2.45) is 0 Å². The summed E-state index contributed by atoms with van der Waals surface area (Å²) in [6, 6.07) is 7.97. The Labute approximate surface area is 204 Å². The highest BCUT2D eigenvalue weighted by atomic mass is 32.2. The lowest BCUT2D eigenvalue weighted by Crippen LogP contribution is -2.30. The van der Waals surface area contributed by atoms with Gasteiger partial charge < -0.3 is 15.2 Å². The third-order valence-electron chi connectivity index (χ3n) is 6.68. The van der Waals surface area contributed by atoms with Crippen molar-refractivity contribution in [1.29, 1.82) is 0 Å². The fourth-order valence-electron chi connectivity index (χ4n) is 5.21. The van der Waals surface area contributed by atoms with Crippen LogP contribution in [-0.4, -0.2) is 34.7 Å². The van der Waals surface area contributed by atoms with Gasteiger partial charge >= 0.3 is 5.97 Å². The number of hydrogen-bond donors (Lipinski definition) is 2. The highest BCUT2D eigenvalue weighted by molar-refractivity contribution is 7.85. The number of benzene rings is 3. The molecule has 1 atom stereocenters. The molecule has 182 valence electrons. The number of ether oxygens (including phenoxy) is 1. The molecule has 5 rings (SSSR count). The van der Waals surface area contributed by atoms with E-state index in [4.69, 9.17) is 4.74 Å². The molecule has 9 heteroatoms. The summed E-state index contributed by atoms with van der Waals surface area (Å²) in [6.07, 6.45) is 1.16. The lowest BCUT2D eigenvalue weighted by molar-refractivity contribution is -0.136. The van der Waals surface area contributed by atoms with E-state index in [9.17, 15) is 14.1 Å². The van der Waals surface area contributed by atoms with E-state index in [1.807, 2.05) is 0 Å². The number of aliphatic carboxylic acids is 1. The predicted molar refractivity (Wildman–Crippen MR) is 132 cm³/mol. The summed E-state index contributed by atoms with van der Waals surface area (Å²) in [6.45, 7) is 4.52. The minimum Gasteiger partial charge on any atom is -0.489 e. The van der Waals surface area contributed by atoms with Crippen molar-refractivity contribution in [3.63, 3.8) is 0 Å². The van der Waals surface area contributed by atoms with Crippen molar-refractivity contribution in [3.8, 4) is 28.0 Å². The van der Waals surface area contributed by atoms with E-state index in [1.54, 1.807) is 42.4 Å². The van der Waals surface area contributed by atoms with Crippen molar-refractivity contribution < 1.29 is 27.6 Å². The van der Waals surface area contributed by atoms with Crippen molar-refractivity contribution >= 4 is 28.3 Å². The van der Waals surface area contributed by atoms with Crippen molar-refractivity contribution in [2.45, 2.75) is 26.8 Å². The molecule has 2 aliphatic heterocycles. The number of nitrogens with one attached hydrogen (secondary N) is 1. The minimum atomic E-state index is -1.46. The van der Waals surface area contributed by atoms with Gasteiger partial charge in [0.2, 0.25) is 0 Å². The van der Waals surface area contributed by atoms with Gasteiger partial charge in [-0.05, 0) is 59.9 Å². The van der Waals surface area contributed by atoms with Crippen LogP contribution in [0.1, 0.15) is 22.3 Å². The lowest BCUT2D eigenvalue weighted by atomic mass is 9.80. The van der Waals surface area contributed by atoms with E-state index in [0.717, 1.165) is 0 Å². The number of anilines is 2. The molecule has 0 fully saturated rings. The summed E-state index contributed by atoms with van der Waals surface area (Å²) < 4.78 is 51.1. The Morgan fingerprint density at radius 3 is 2.63 bits per heavy atom. The summed E-state index contributed by atoms with van der Waals surface area (Å²) in [7, 11) is -1.46. The molecule has 2 heterocycles. The van der Waals surface area contributed by atoms with Crippen LogP contribution in [0.5, 0.6) is 5.75 Å². The summed E-state index contributed by atoms with van der Waals surface area (Å²) in [5.74, 6) is -1.70. The molecule has 0 saturated heterocycles. The normalized spacial score (nSPS) is 14.8. The molecule has 0 aromatic heterocycles. The van der Waals surface area contributed by atoms with E-state index in [2.05, 4.69) is 5.32 Å². The van der Waals surface area contributed by atoms with Gasteiger partial charge in [-0.1, -0.05) is 12.1 Å². The molecule has 2 aliphatic rings. The van der Waals surface area contributed by atoms with Crippen LogP contribution >= 0.6 is 0 Å². The molecule has 0 spiro atoms. The maximum absolute atomic E-state index is 15.9. The first-order valence-electron chi connectivity index (χ1n) is 11.2. The average molecular weight is 499 g/mol. The van der Waals surface area contributed by atoms with E-state index in [0.29, 0.717) is 63.5 Å². The number of hydrogen-bond acceptors (Lipinski definition) is 4. The van der Waals surface area contributed by atoms with Gasteiger partial charge in [0.1, 0.15) is 34.8 Å². The first-order valence-corrected chi connectivity index (χ1v) is 12.7. The number of carboxylic acids is 1. The number of rotatable bonds is 4. The fourth-order valence-corrected chi connectivity index (χ4v) is 6.01. The molecular weight excluding hydrogens is 474 g/mol. The molecule has 0 bridgehead atoms. The fraction of sp³-hybridized carbons (Fsp3) is 0.269. The van der Waals surface area contributed by atoms with Gasteiger partial charge in [0.25, 0.3) is 0 Å². The van der Waals surface area contributed by atoms with Crippen LogP contribution in [0, 0.1) is 25.5 Å². The Hall–Kier alpha value is -3.46. The van der Waals surface area contributed by atoms with Gasteiger partial charge in [-0.3, -0.25) is 9.10 Å². The number of nitrogens with zero attached hydrogens (tertiary/aromatic N) is 1. The van der Waals surface area contributed by atoms with Crippen LogP contribution in [0.25, 0.3) is 22.3 Å². The Morgan fingerprint density at radius 2 is 1.91 bits per heavy atom. The van der Waals surface area contributed by atoms with Gasteiger partial charge in [0, 0.05) is 29.5 Å². The number of carbonyl (C=O) groups is 1. The highest BCUT2D eigenvalue weighted by Gasteiger charge is 2.34. The molecule has 3 aromatic rings. The topological polar surface area (TPSA) is 78.9 Å². The van der Waals surface area contributed by atoms with Crippen LogP contribution in [0.3, 0.4) is 0 Å². The van der Waals surface area contributed by atoms with Crippen LogP contribution < -0.4 is 14.4 Å². The van der Waals surface area contributed by atoms with E-state index < -0.39 is 28.6 Å². The zero-order valence-electron chi connectivity index (χ0n) is 19.5. The maximum atomic E-state index is 15.9. The molecule has 0 aliphatic carbocycles. The highest BCUT2D eigenvalue weighted by Crippen LogP contribution is 2.51. The van der Waals surface area contributed by atoms with Crippen LogP contribution in [0.4, 0.5) is 20.2 Å². The SMILES string of the molecule is Cc1c(-c2ccc3c(c2F)NCCO3)c(CC(=O)O)c(C)c2c1-c1c(F)cccc1CN2S(C)=O. The molecule has 35 heavy (non-hydrogen) atoms. The monoisotopic (exact) mass is 498 g/mol. The minimum absolute atomic E-state index is 0.203. The molecule has 2 N–H and O–H groups in total. The second kappa shape index (κ2) is 8.64. The van der Waals surface area contributed by atoms with Crippen molar-refractivity contribution in [1.82, 2.24) is 0 Å². The molecule has 1 unspecified atom stereocenters. The predicted octanol–water partition coefficient (Wildman–Crippen LogP) is 4.96. The Bertz CT molecular complexity index is 1420. The second-order valence-electron chi connectivity index (χ2n) is 8.71. The third kappa shape index (κ3) is 3.65. The molecule has 3 aromatic carbocycles. The number of fused-ring (bicyclic) bond motifs is 4. The van der Waals surface area contributed by atoms with Crippen LogP contribution in [0.2, 0.25) is 0 Å². The quantitative estimate of drug-likeness (QED) is 0.532. The largest absolute Gasteiger partial charge is 0.489 e. The third-order valence-corrected chi connectivity index (χ3v) is 7.61.